The summed E-state index contributed by atoms with van der Waals surface area (Å²) in [5, 5.41) is 8.71. The van der Waals surface area contributed by atoms with Crippen molar-refractivity contribution >= 4 is 11.7 Å². The summed E-state index contributed by atoms with van der Waals surface area (Å²) in [6.07, 6.45) is 1.29. The highest BCUT2D eigenvalue weighted by Crippen LogP contribution is 2.22. The Balaban J connectivity index is 1.90. The molecule has 19 heavy (non-hydrogen) atoms. The van der Waals surface area contributed by atoms with Gasteiger partial charge in [-0.2, -0.15) is 0 Å². The predicted octanol–water partition coefficient (Wildman–Crippen LogP) is 1.85. The lowest BCUT2D eigenvalue weighted by Crippen LogP contribution is -2.47. The Morgan fingerprint density at radius 3 is 2.53 bits per heavy atom. The molecule has 0 spiro atoms. The van der Waals surface area contributed by atoms with Gasteiger partial charge in [-0.25, -0.2) is 0 Å². The number of carboxylic acids is 1. The fourth-order valence-electron chi connectivity index (χ4n) is 2.58. The van der Waals surface area contributed by atoms with E-state index >= 15 is 0 Å². The molecule has 1 aromatic carbocycles. The minimum absolute atomic E-state index is 0.242. The number of carboxylic acid groups (broad SMARTS) is 1. The van der Waals surface area contributed by atoms with Crippen LogP contribution >= 0.6 is 0 Å². The van der Waals surface area contributed by atoms with E-state index in [9.17, 15) is 4.79 Å². The zero-order valence-electron chi connectivity index (χ0n) is 11.5. The van der Waals surface area contributed by atoms with Gasteiger partial charge in [0.25, 0.3) is 0 Å². The average molecular weight is 262 g/mol. The molecule has 0 aliphatic carbocycles. The Bertz CT molecular complexity index is 426. The van der Waals surface area contributed by atoms with Crippen LogP contribution in [0.2, 0.25) is 0 Å². The van der Waals surface area contributed by atoms with E-state index in [0.29, 0.717) is 6.54 Å². The van der Waals surface area contributed by atoms with E-state index in [0.717, 1.165) is 32.6 Å². The van der Waals surface area contributed by atoms with Crippen molar-refractivity contribution in [2.45, 2.75) is 19.8 Å². The SMILES string of the molecule is CCc1ccccc1N1CCN(CCC(=O)O)CC1. The minimum atomic E-state index is -0.709. The second-order valence-corrected chi connectivity index (χ2v) is 4.95. The van der Waals surface area contributed by atoms with Crippen molar-refractivity contribution in [2.24, 2.45) is 0 Å². The molecule has 0 radical (unpaired) electrons. The number of hydrogen-bond acceptors (Lipinski definition) is 3. The predicted molar refractivity (Wildman–Crippen MR) is 76.7 cm³/mol. The lowest BCUT2D eigenvalue weighted by Gasteiger charge is -2.36. The van der Waals surface area contributed by atoms with Gasteiger partial charge in [0, 0.05) is 38.4 Å². The summed E-state index contributed by atoms with van der Waals surface area (Å²) in [6, 6.07) is 8.55. The molecule has 104 valence electrons. The molecule has 4 nitrogen and oxygen atoms in total. The van der Waals surface area contributed by atoms with Gasteiger partial charge in [-0.1, -0.05) is 25.1 Å². The van der Waals surface area contributed by atoms with Gasteiger partial charge in [0.1, 0.15) is 0 Å². The Kier molecular flexibility index (Phi) is 4.80. The van der Waals surface area contributed by atoms with Gasteiger partial charge in [-0.05, 0) is 18.1 Å². The number of anilines is 1. The van der Waals surface area contributed by atoms with E-state index in [4.69, 9.17) is 5.11 Å². The van der Waals surface area contributed by atoms with Crippen LogP contribution in [-0.2, 0) is 11.2 Å². The monoisotopic (exact) mass is 262 g/mol. The summed E-state index contributed by atoms with van der Waals surface area (Å²) in [5.41, 5.74) is 2.73. The van der Waals surface area contributed by atoms with E-state index in [1.807, 2.05) is 0 Å². The van der Waals surface area contributed by atoms with E-state index < -0.39 is 5.97 Å². The van der Waals surface area contributed by atoms with E-state index in [-0.39, 0.29) is 6.42 Å². The third-order valence-electron chi connectivity index (χ3n) is 3.73. The Hall–Kier alpha value is -1.55. The van der Waals surface area contributed by atoms with Crippen molar-refractivity contribution in [3.63, 3.8) is 0 Å². The maximum Gasteiger partial charge on any atom is 0.304 e. The van der Waals surface area contributed by atoms with Crippen LogP contribution in [0.3, 0.4) is 0 Å². The smallest absolute Gasteiger partial charge is 0.304 e. The number of benzene rings is 1. The molecule has 1 N–H and O–H groups in total. The van der Waals surface area contributed by atoms with Crippen LogP contribution < -0.4 is 4.90 Å². The summed E-state index contributed by atoms with van der Waals surface area (Å²) in [6.45, 7) is 6.71. The van der Waals surface area contributed by atoms with Gasteiger partial charge in [-0.3, -0.25) is 9.69 Å². The van der Waals surface area contributed by atoms with Gasteiger partial charge in [0.15, 0.2) is 0 Å². The van der Waals surface area contributed by atoms with Crippen molar-refractivity contribution < 1.29 is 9.90 Å². The minimum Gasteiger partial charge on any atom is -0.481 e. The van der Waals surface area contributed by atoms with Crippen molar-refractivity contribution in [2.75, 3.05) is 37.6 Å². The summed E-state index contributed by atoms with van der Waals surface area (Å²) in [5.74, 6) is -0.709. The Morgan fingerprint density at radius 1 is 1.21 bits per heavy atom. The van der Waals surface area contributed by atoms with Gasteiger partial charge in [-0.15, -0.1) is 0 Å². The van der Waals surface area contributed by atoms with Crippen molar-refractivity contribution in [1.29, 1.82) is 0 Å². The number of rotatable bonds is 5. The average Bonchev–Trinajstić information content (AvgIpc) is 2.45. The van der Waals surface area contributed by atoms with Gasteiger partial charge >= 0.3 is 5.97 Å². The van der Waals surface area contributed by atoms with Crippen molar-refractivity contribution in [3.8, 4) is 0 Å². The standard InChI is InChI=1S/C15H22N2O2/c1-2-13-5-3-4-6-14(13)17-11-9-16(10-12-17)8-7-15(18)19/h3-6H,2,7-12H2,1H3,(H,18,19). The summed E-state index contributed by atoms with van der Waals surface area (Å²) in [7, 11) is 0. The highest BCUT2D eigenvalue weighted by atomic mass is 16.4. The van der Waals surface area contributed by atoms with Gasteiger partial charge in [0.2, 0.25) is 0 Å². The van der Waals surface area contributed by atoms with Crippen LogP contribution in [0.1, 0.15) is 18.9 Å². The number of aliphatic carboxylic acids is 1. The quantitative estimate of drug-likeness (QED) is 0.879. The molecule has 1 aliphatic rings. The fraction of sp³-hybridized carbons (Fsp3) is 0.533. The van der Waals surface area contributed by atoms with E-state index in [2.05, 4.69) is 41.0 Å². The first-order valence-corrected chi connectivity index (χ1v) is 6.97. The topological polar surface area (TPSA) is 43.8 Å². The number of nitrogens with zero attached hydrogens (tertiary/aromatic N) is 2. The molecule has 0 aromatic heterocycles. The normalized spacial score (nSPS) is 16.6. The van der Waals surface area contributed by atoms with Crippen LogP contribution in [0, 0.1) is 0 Å². The first-order valence-electron chi connectivity index (χ1n) is 6.97. The number of carbonyl (C=O) groups is 1. The largest absolute Gasteiger partial charge is 0.481 e. The summed E-state index contributed by atoms with van der Waals surface area (Å²) < 4.78 is 0. The third kappa shape index (κ3) is 3.70. The fourth-order valence-corrected chi connectivity index (χ4v) is 2.58. The molecule has 4 heteroatoms. The molecule has 1 saturated heterocycles. The van der Waals surface area contributed by atoms with E-state index in [1.54, 1.807) is 0 Å². The number of piperazine rings is 1. The molecule has 0 unspecified atom stereocenters. The van der Waals surface area contributed by atoms with Crippen LogP contribution in [0.4, 0.5) is 5.69 Å². The first kappa shape index (κ1) is 13.9. The van der Waals surface area contributed by atoms with Crippen molar-refractivity contribution in [3.05, 3.63) is 29.8 Å². The third-order valence-corrected chi connectivity index (χ3v) is 3.73. The van der Waals surface area contributed by atoms with Gasteiger partial charge in [0.05, 0.1) is 6.42 Å². The summed E-state index contributed by atoms with van der Waals surface area (Å²) in [4.78, 5) is 15.2. The lowest BCUT2D eigenvalue weighted by atomic mass is 10.1. The molecular weight excluding hydrogens is 240 g/mol. The molecule has 0 amide bonds. The second kappa shape index (κ2) is 6.57. The lowest BCUT2D eigenvalue weighted by molar-refractivity contribution is -0.137. The highest BCUT2D eigenvalue weighted by molar-refractivity contribution is 5.66. The second-order valence-electron chi connectivity index (χ2n) is 4.95. The molecular formula is C15H22N2O2. The zero-order chi connectivity index (χ0) is 13.7. The maximum atomic E-state index is 10.6. The van der Waals surface area contributed by atoms with E-state index in [1.165, 1.54) is 11.3 Å². The molecule has 1 aliphatic heterocycles. The Labute approximate surface area is 114 Å². The molecule has 0 saturated carbocycles. The van der Waals surface area contributed by atoms with Gasteiger partial charge < -0.3 is 10.0 Å². The number of aryl methyl sites for hydroxylation is 1. The molecule has 0 bridgehead atoms. The highest BCUT2D eigenvalue weighted by Gasteiger charge is 2.18. The first-order chi connectivity index (χ1) is 9.20. The molecule has 1 aromatic rings. The van der Waals surface area contributed by atoms with Crippen LogP contribution in [0.15, 0.2) is 24.3 Å². The molecule has 0 atom stereocenters. The summed E-state index contributed by atoms with van der Waals surface area (Å²) >= 11 is 0. The van der Waals surface area contributed by atoms with Crippen LogP contribution in [-0.4, -0.2) is 48.7 Å². The molecule has 1 fully saturated rings. The maximum absolute atomic E-state index is 10.6. The van der Waals surface area contributed by atoms with Crippen LogP contribution in [0.5, 0.6) is 0 Å². The number of para-hydroxylation sites is 1. The Morgan fingerprint density at radius 2 is 1.89 bits per heavy atom. The van der Waals surface area contributed by atoms with Crippen LogP contribution in [0.25, 0.3) is 0 Å². The zero-order valence-corrected chi connectivity index (χ0v) is 11.5. The molecule has 1 heterocycles. The number of hydrogen-bond donors (Lipinski definition) is 1. The van der Waals surface area contributed by atoms with Crippen molar-refractivity contribution in [1.82, 2.24) is 4.90 Å². The molecule has 2 rings (SSSR count).